The molecule has 1 aliphatic carbocycles. The predicted octanol–water partition coefficient (Wildman–Crippen LogP) is 4.26. The number of imidazole rings is 1. The number of pyridine rings is 1. The maximum atomic E-state index is 6.11. The Morgan fingerprint density at radius 2 is 2.08 bits per heavy atom. The summed E-state index contributed by atoms with van der Waals surface area (Å²) >= 11 is 9.76. The fourth-order valence-electron chi connectivity index (χ4n) is 3.07. The van der Waals surface area contributed by atoms with Gasteiger partial charge in [-0.05, 0) is 52.4 Å². The van der Waals surface area contributed by atoms with E-state index in [0.29, 0.717) is 17.5 Å². The maximum absolute atomic E-state index is 6.11. The van der Waals surface area contributed by atoms with Gasteiger partial charge < -0.3 is 4.40 Å². The molecule has 1 fully saturated rings. The summed E-state index contributed by atoms with van der Waals surface area (Å²) in [7, 11) is 0. The van der Waals surface area contributed by atoms with Gasteiger partial charge in [-0.25, -0.2) is 14.5 Å². The average Bonchev–Trinajstić information content (AvgIpc) is 3.19. The number of hydrogen-bond acceptors (Lipinski definition) is 3. The van der Waals surface area contributed by atoms with Gasteiger partial charge in [0.2, 0.25) is 0 Å². The molecule has 0 N–H and O–H groups in total. The summed E-state index contributed by atoms with van der Waals surface area (Å²) in [6.07, 6.45) is 10.9. The van der Waals surface area contributed by atoms with Gasteiger partial charge >= 0.3 is 0 Å². The summed E-state index contributed by atoms with van der Waals surface area (Å²) in [6, 6.07) is 4.16. The van der Waals surface area contributed by atoms with Crippen LogP contribution in [0.1, 0.15) is 35.7 Å². The fourth-order valence-corrected chi connectivity index (χ4v) is 3.82. The van der Waals surface area contributed by atoms with Crippen molar-refractivity contribution in [3.05, 3.63) is 63.5 Å². The number of nitrogens with zero attached hydrogens (tertiary/aromatic N) is 5. The zero-order valence-corrected chi connectivity index (χ0v) is 15.0. The number of hydrogen-bond donors (Lipinski definition) is 0. The molecule has 5 nitrogen and oxygen atoms in total. The Bertz CT molecular complexity index is 1080. The van der Waals surface area contributed by atoms with Gasteiger partial charge in [0, 0.05) is 31.2 Å². The lowest BCUT2D eigenvalue weighted by Gasteiger charge is -2.01. The maximum Gasteiger partial charge on any atom is 0.154 e. The van der Waals surface area contributed by atoms with Gasteiger partial charge in [0.25, 0.3) is 0 Å². The highest BCUT2D eigenvalue weighted by Crippen LogP contribution is 2.41. The van der Waals surface area contributed by atoms with Crippen molar-refractivity contribution < 1.29 is 0 Å². The number of halogens is 2. The van der Waals surface area contributed by atoms with Crippen molar-refractivity contribution in [2.75, 3.05) is 0 Å². The number of aromatic nitrogens is 5. The second kappa shape index (κ2) is 5.29. The van der Waals surface area contributed by atoms with E-state index < -0.39 is 0 Å². The third-order valence-corrected chi connectivity index (χ3v) is 5.26. The van der Waals surface area contributed by atoms with Gasteiger partial charge in [-0.3, -0.25) is 0 Å². The van der Waals surface area contributed by atoms with E-state index in [9.17, 15) is 0 Å². The minimum absolute atomic E-state index is 0.461. The van der Waals surface area contributed by atoms with E-state index >= 15 is 0 Å². The minimum Gasteiger partial charge on any atom is -0.306 e. The largest absolute Gasteiger partial charge is 0.306 e. The normalized spacial score (nSPS) is 14.8. The number of fused-ring (bicyclic) bond motifs is 2. The van der Waals surface area contributed by atoms with Crippen molar-refractivity contribution >= 4 is 38.7 Å². The lowest BCUT2D eigenvalue weighted by molar-refractivity contribution is 0.894. The summed E-state index contributed by atoms with van der Waals surface area (Å²) in [6.45, 7) is 0. The Kier molecular flexibility index (Phi) is 3.18. The SMILES string of the molecule is Clc1nccn2nc(Cc3cn4cc(C5CC5)cc(Br)c4n3)cc12. The van der Waals surface area contributed by atoms with Crippen LogP contribution in [-0.4, -0.2) is 24.0 Å². The van der Waals surface area contributed by atoms with Gasteiger partial charge in [0.05, 0.1) is 15.9 Å². The quantitative estimate of drug-likeness (QED) is 0.514. The Morgan fingerprint density at radius 1 is 1.21 bits per heavy atom. The first-order chi connectivity index (χ1) is 11.7. The molecule has 120 valence electrons. The molecule has 0 amide bonds. The van der Waals surface area contributed by atoms with Crippen molar-refractivity contribution in [1.82, 2.24) is 24.0 Å². The van der Waals surface area contributed by atoms with Gasteiger partial charge in [-0.1, -0.05) is 11.6 Å². The summed E-state index contributed by atoms with van der Waals surface area (Å²) in [5.74, 6) is 0.713. The molecule has 1 saturated carbocycles. The molecule has 0 atom stereocenters. The highest BCUT2D eigenvalue weighted by molar-refractivity contribution is 9.10. The first-order valence-electron chi connectivity index (χ1n) is 7.83. The first-order valence-corrected chi connectivity index (χ1v) is 9.00. The highest BCUT2D eigenvalue weighted by Gasteiger charge is 2.24. The zero-order chi connectivity index (χ0) is 16.3. The molecule has 24 heavy (non-hydrogen) atoms. The summed E-state index contributed by atoms with van der Waals surface area (Å²) in [5, 5.41) is 5.01. The second-order valence-electron chi connectivity index (χ2n) is 6.22. The lowest BCUT2D eigenvalue weighted by Crippen LogP contribution is -1.91. The van der Waals surface area contributed by atoms with Crippen LogP contribution < -0.4 is 0 Å². The molecule has 0 spiro atoms. The van der Waals surface area contributed by atoms with Gasteiger partial charge in [-0.15, -0.1) is 0 Å². The molecule has 5 rings (SSSR count). The third kappa shape index (κ3) is 2.41. The van der Waals surface area contributed by atoms with E-state index in [1.807, 2.05) is 6.07 Å². The van der Waals surface area contributed by atoms with Crippen LogP contribution in [0.25, 0.3) is 11.2 Å². The molecule has 7 heteroatoms. The standard InChI is InChI=1S/C17H13BrClN5/c18-14-5-11(10-1-2-10)8-23-9-13(21-17(14)23)6-12-7-15-16(19)20-3-4-24(15)22-12/h3-5,7-10H,1-2,6H2. The van der Waals surface area contributed by atoms with Crippen molar-refractivity contribution in [1.29, 1.82) is 0 Å². The van der Waals surface area contributed by atoms with E-state index in [0.717, 1.165) is 27.0 Å². The average molecular weight is 403 g/mol. The van der Waals surface area contributed by atoms with Crippen LogP contribution in [0.2, 0.25) is 5.15 Å². The van der Waals surface area contributed by atoms with Gasteiger partial charge in [0.1, 0.15) is 5.52 Å². The van der Waals surface area contributed by atoms with E-state index in [1.54, 1.807) is 16.9 Å². The van der Waals surface area contributed by atoms with Crippen LogP contribution in [0.5, 0.6) is 0 Å². The van der Waals surface area contributed by atoms with Gasteiger partial charge in [0.15, 0.2) is 10.8 Å². The Balaban J connectivity index is 1.53. The summed E-state index contributed by atoms with van der Waals surface area (Å²) in [5.41, 5.74) is 5.04. The van der Waals surface area contributed by atoms with Crippen LogP contribution in [0.15, 0.2) is 41.4 Å². The van der Waals surface area contributed by atoms with Gasteiger partial charge in [-0.2, -0.15) is 5.10 Å². The fraction of sp³-hybridized carbons (Fsp3) is 0.235. The highest BCUT2D eigenvalue weighted by atomic mass is 79.9. The molecular formula is C17H13BrClN5. The zero-order valence-electron chi connectivity index (χ0n) is 12.7. The van der Waals surface area contributed by atoms with Crippen molar-refractivity contribution in [2.45, 2.75) is 25.2 Å². The molecule has 0 unspecified atom stereocenters. The van der Waals surface area contributed by atoms with Crippen molar-refractivity contribution in [2.24, 2.45) is 0 Å². The van der Waals surface area contributed by atoms with Crippen LogP contribution in [0.3, 0.4) is 0 Å². The van der Waals surface area contributed by atoms with Crippen LogP contribution in [-0.2, 0) is 6.42 Å². The first kappa shape index (κ1) is 14.4. The van der Waals surface area contributed by atoms with E-state index in [4.69, 9.17) is 16.6 Å². The summed E-state index contributed by atoms with van der Waals surface area (Å²) < 4.78 is 4.90. The van der Waals surface area contributed by atoms with Crippen LogP contribution >= 0.6 is 27.5 Å². The monoisotopic (exact) mass is 401 g/mol. The minimum atomic E-state index is 0.461. The molecule has 1 aliphatic rings. The Hall–Kier alpha value is -1.92. The van der Waals surface area contributed by atoms with Crippen molar-refractivity contribution in [3.8, 4) is 0 Å². The molecular weight excluding hydrogens is 390 g/mol. The predicted molar refractivity (Wildman–Crippen MR) is 95.7 cm³/mol. The number of rotatable bonds is 3. The molecule has 4 aromatic rings. The molecule has 0 aliphatic heterocycles. The smallest absolute Gasteiger partial charge is 0.154 e. The van der Waals surface area contributed by atoms with Crippen molar-refractivity contribution in [3.63, 3.8) is 0 Å². The summed E-state index contributed by atoms with van der Waals surface area (Å²) in [4.78, 5) is 8.82. The molecule has 0 radical (unpaired) electrons. The molecule has 4 aromatic heterocycles. The molecule has 0 aromatic carbocycles. The van der Waals surface area contributed by atoms with Crippen LogP contribution in [0, 0.1) is 0 Å². The second-order valence-corrected chi connectivity index (χ2v) is 7.43. The molecule has 0 saturated heterocycles. The topological polar surface area (TPSA) is 47.5 Å². The van der Waals surface area contributed by atoms with E-state index in [1.165, 1.54) is 18.4 Å². The van der Waals surface area contributed by atoms with Crippen LogP contribution in [0.4, 0.5) is 0 Å². The Labute approximate surface area is 151 Å². The lowest BCUT2D eigenvalue weighted by atomic mass is 10.2. The third-order valence-electron chi connectivity index (χ3n) is 4.38. The van der Waals surface area contributed by atoms with E-state index in [-0.39, 0.29) is 0 Å². The Morgan fingerprint density at radius 3 is 2.88 bits per heavy atom. The molecule has 0 bridgehead atoms. The van der Waals surface area contributed by atoms with E-state index in [2.05, 4.69) is 48.9 Å². The molecule has 4 heterocycles.